The molecule has 0 atom stereocenters. The lowest BCUT2D eigenvalue weighted by atomic mass is 9.97. The van der Waals surface area contributed by atoms with Crippen molar-refractivity contribution >= 4 is 50.1 Å². The van der Waals surface area contributed by atoms with Crippen molar-refractivity contribution in [2.45, 2.75) is 12.8 Å². The number of aliphatic carboxylic acids is 1. The molecule has 0 spiro atoms. The summed E-state index contributed by atoms with van der Waals surface area (Å²) in [6.45, 7) is 1.23. The summed E-state index contributed by atoms with van der Waals surface area (Å²) in [6, 6.07) is 9.98. The third kappa shape index (κ3) is 3.06. The van der Waals surface area contributed by atoms with Gasteiger partial charge >= 0.3 is 5.97 Å². The number of carbonyl (C=O) groups is 1. The van der Waals surface area contributed by atoms with Gasteiger partial charge in [-0.05, 0) is 52.5 Å². The Hall–Kier alpha value is -3.20. The maximum absolute atomic E-state index is 11.3. The van der Waals surface area contributed by atoms with E-state index in [4.69, 9.17) is 10.7 Å². The highest BCUT2D eigenvalue weighted by Gasteiger charge is 2.27. The number of carboxylic acid groups (broad SMARTS) is 1. The average Bonchev–Trinajstić information content (AvgIpc) is 3.20. The van der Waals surface area contributed by atoms with E-state index >= 15 is 0 Å². The Morgan fingerprint density at radius 3 is 2.80 bits per heavy atom. The molecule has 0 unspecified atom stereocenters. The summed E-state index contributed by atoms with van der Waals surface area (Å²) >= 11 is 3.56. The number of fused-ring (bicyclic) bond motifs is 2. The zero-order chi connectivity index (χ0) is 20.8. The number of anilines is 2. The van der Waals surface area contributed by atoms with Gasteiger partial charge in [-0.2, -0.15) is 9.61 Å². The van der Waals surface area contributed by atoms with E-state index in [2.05, 4.69) is 37.0 Å². The van der Waals surface area contributed by atoms with Gasteiger partial charge in [-0.25, -0.2) is 4.98 Å². The molecule has 0 aliphatic carbocycles. The van der Waals surface area contributed by atoms with E-state index in [0.29, 0.717) is 47.7 Å². The smallest absolute Gasteiger partial charge is 0.306 e. The van der Waals surface area contributed by atoms with Crippen molar-refractivity contribution < 1.29 is 9.90 Å². The molecule has 1 aromatic carbocycles. The molecule has 3 N–H and O–H groups in total. The number of nitrogens with two attached hydrogens (primary N) is 1. The Balaban J connectivity index is 1.59. The number of rotatable bonds is 3. The first-order chi connectivity index (χ1) is 14.5. The van der Waals surface area contributed by atoms with Gasteiger partial charge in [0.15, 0.2) is 5.65 Å². The predicted octanol–water partition coefficient (Wildman–Crippen LogP) is 3.59. The molecule has 0 bridgehead atoms. The molecule has 30 heavy (non-hydrogen) atoms. The summed E-state index contributed by atoms with van der Waals surface area (Å²) in [5.74, 6) is 0.135. The van der Waals surface area contributed by atoms with Crippen LogP contribution in [0.15, 0.2) is 47.2 Å². The van der Waals surface area contributed by atoms with E-state index in [1.165, 1.54) is 0 Å². The molecule has 3 aromatic heterocycles. The molecule has 4 heterocycles. The van der Waals surface area contributed by atoms with Gasteiger partial charge < -0.3 is 15.7 Å². The topological polar surface area (TPSA) is 110 Å². The van der Waals surface area contributed by atoms with Crippen LogP contribution >= 0.6 is 15.9 Å². The Bertz CT molecular complexity index is 1280. The van der Waals surface area contributed by atoms with Crippen LogP contribution in [-0.2, 0) is 4.79 Å². The molecule has 9 heteroatoms. The molecule has 152 valence electrons. The molecule has 4 aromatic rings. The Kier molecular flexibility index (Phi) is 4.54. The van der Waals surface area contributed by atoms with Crippen molar-refractivity contribution in [3.63, 3.8) is 0 Å². The number of nitrogens with zero attached hydrogens (tertiary/aromatic N) is 5. The summed E-state index contributed by atoms with van der Waals surface area (Å²) in [6.07, 6.45) is 4.71. The summed E-state index contributed by atoms with van der Waals surface area (Å²) < 4.78 is 2.29. The van der Waals surface area contributed by atoms with E-state index in [1.54, 1.807) is 16.9 Å². The van der Waals surface area contributed by atoms with E-state index in [-0.39, 0.29) is 5.92 Å². The molecule has 0 saturated carbocycles. The third-order valence-electron chi connectivity index (χ3n) is 5.66. The molecular weight excluding hydrogens is 448 g/mol. The van der Waals surface area contributed by atoms with Crippen molar-refractivity contribution in [3.8, 4) is 11.1 Å². The zero-order valence-corrected chi connectivity index (χ0v) is 17.6. The number of halogens is 1. The van der Waals surface area contributed by atoms with Crippen LogP contribution in [0.25, 0.3) is 27.7 Å². The second-order valence-corrected chi connectivity index (χ2v) is 8.23. The molecule has 1 fully saturated rings. The number of nitrogen functional groups attached to an aromatic ring is 1. The van der Waals surface area contributed by atoms with Gasteiger partial charge in [-0.15, -0.1) is 0 Å². The van der Waals surface area contributed by atoms with Crippen molar-refractivity contribution in [1.29, 1.82) is 0 Å². The molecule has 0 amide bonds. The lowest BCUT2D eigenvalue weighted by Crippen LogP contribution is -2.37. The standard InChI is InChI=1S/C21H19BrN6O2/c22-17-18(23)28-19(26-20(17)27-8-5-12(6-9-27)21(29)30)15(11-25-28)13-3-4-16-14(10-13)2-1-7-24-16/h1-4,7,10-12H,5-6,8-9,23H2,(H,29,30). The van der Waals surface area contributed by atoms with Crippen LogP contribution in [0.3, 0.4) is 0 Å². The summed E-state index contributed by atoms with van der Waals surface area (Å²) in [5, 5.41) is 14.7. The number of hydrogen-bond acceptors (Lipinski definition) is 6. The summed E-state index contributed by atoms with van der Waals surface area (Å²) in [5.41, 5.74) is 9.81. The van der Waals surface area contributed by atoms with E-state index in [0.717, 1.165) is 22.0 Å². The minimum Gasteiger partial charge on any atom is -0.481 e. The first-order valence-electron chi connectivity index (χ1n) is 9.68. The summed E-state index contributed by atoms with van der Waals surface area (Å²) in [7, 11) is 0. The highest BCUT2D eigenvalue weighted by molar-refractivity contribution is 9.10. The van der Waals surface area contributed by atoms with E-state index in [9.17, 15) is 9.90 Å². The van der Waals surface area contributed by atoms with E-state index < -0.39 is 5.97 Å². The number of carboxylic acids is 1. The van der Waals surface area contributed by atoms with Gasteiger partial charge in [-0.1, -0.05) is 12.1 Å². The van der Waals surface area contributed by atoms with Gasteiger partial charge in [0.1, 0.15) is 16.1 Å². The SMILES string of the molecule is Nc1c(Br)c(N2CCC(C(=O)O)CC2)nc2c(-c3ccc4ncccc4c3)cnn12. The lowest BCUT2D eigenvalue weighted by molar-refractivity contribution is -0.142. The second kappa shape index (κ2) is 7.24. The van der Waals surface area contributed by atoms with Crippen molar-refractivity contribution in [2.75, 3.05) is 23.7 Å². The maximum Gasteiger partial charge on any atom is 0.306 e. The van der Waals surface area contributed by atoms with Gasteiger partial charge in [-0.3, -0.25) is 9.78 Å². The van der Waals surface area contributed by atoms with Crippen molar-refractivity contribution in [1.82, 2.24) is 19.6 Å². The minimum absolute atomic E-state index is 0.308. The van der Waals surface area contributed by atoms with Crippen LogP contribution in [-0.4, -0.2) is 43.7 Å². The first-order valence-corrected chi connectivity index (χ1v) is 10.5. The average molecular weight is 467 g/mol. The molecule has 1 aliphatic heterocycles. The summed E-state index contributed by atoms with van der Waals surface area (Å²) in [4.78, 5) is 22.6. The number of aromatic nitrogens is 4. The Labute approximate surface area is 180 Å². The van der Waals surface area contributed by atoms with Crippen molar-refractivity contribution in [2.24, 2.45) is 5.92 Å². The molecule has 1 saturated heterocycles. The minimum atomic E-state index is -0.736. The molecule has 0 radical (unpaired) electrons. The number of piperidine rings is 1. The zero-order valence-electron chi connectivity index (χ0n) is 16.0. The van der Waals surface area contributed by atoms with Crippen LogP contribution < -0.4 is 10.6 Å². The highest BCUT2D eigenvalue weighted by Crippen LogP contribution is 2.36. The normalized spacial score (nSPS) is 15.2. The van der Waals surface area contributed by atoms with Crippen LogP contribution in [0.1, 0.15) is 12.8 Å². The molecular formula is C21H19BrN6O2. The predicted molar refractivity (Wildman–Crippen MR) is 118 cm³/mol. The largest absolute Gasteiger partial charge is 0.481 e. The quantitative estimate of drug-likeness (QED) is 0.474. The molecule has 8 nitrogen and oxygen atoms in total. The first kappa shape index (κ1) is 18.8. The fraction of sp³-hybridized carbons (Fsp3) is 0.238. The molecule has 5 rings (SSSR count). The van der Waals surface area contributed by atoms with Crippen LogP contribution in [0.4, 0.5) is 11.6 Å². The van der Waals surface area contributed by atoms with Crippen LogP contribution in [0.5, 0.6) is 0 Å². The third-order valence-corrected chi connectivity index (χ3v) is 6.42. The number of pyridine rings is 1. The number of benzene rings is 1. The monoisotopic (exact) mass is 466 g/mol. The number of hydrogen-bond donors (Lipinski definition) is 2. The Morgan fingerprint density at radius 1 is 1.23 bits per heavy atom. The van der Waals surface area contributed by atoms with Gasteiger partial charge in [0, 0.05) is 30.2 Å². The second-order valence-electron chi connectivity index (χ2n) is 7.44. The van der Waals surface area contributed by atoms with Gasteiger partial charge in [0.05, 0.1) is 17.6 Å². The Morgan fingerprint density at radius 2 is 2.03 bits per heavy atom. The van der Waals surface area contributed by atoms with Gasteiger partial charge in [0.2, 0.25) is 0 Å². The highest BCUT2D eigenvalue weighted by atomic mass is 79.9. The van der Waals surface area contributed by atoms with Crippen molar-refractivity contribution in [3.05, 3.63) is 47.2 Å². The van der Waals surface area contributed by atoms with Crippen LogP contribution in [0.2, 0.25) is 0 Å². The van der Waals surface area contributed by atoms with Crippen LogP contribution in [0, 0.1) is 5.92 Å². The maximum atomic E-state index is 11.3. The molecule has 1 aliphatic rings. The van der Waals surface area contributed by atoms with Gasteiger partial charge in [0.25, 0.3) is 0 Å². The fourth-order valence-corrected chi connectivity index (χ4v) is 4.48. The fourth-order valence-electron chi connectivity index (χ4n) is 3.98. The van der Waals surface area contributed by atoms with E-state index in [1.807, 2.05) is 24.3 Å². The lowest BCUT2D eigenvalue weighted by Gasteiger charge is -2.31.